The summed E-state index contributed by atoms with van der Waals surface area (Å²) in [7, 11) is 0. The molecule has 0 aliphatic carbocycles. The highest BCUT2D eigenvalue weighted by molar-refractivity contribution is 7.14. The number of carbonyl (C=O) groups excluding carboxylic acids is 2. The number of nitrogens with zero attached hydrogens (tertiary/aromatic N) is 2. The summed E-state index contributed by atoms with van der Waals surface area (Å²) in [5, 5.41) is 3.86. The molecule has 9 nitrogen and oxygen atoms in total. The minimum Gasteiger partial charge on any atom is -0.461 e. The molecule has 0 radical (unpaired) electrons. The van der Waals surface area contributed by atoms with Gasteiger partial charge < -0.3 is 9.72 Å². The summed E-state index contributed by atoms with van der Waals surface area (Å²) >= 11 is 0.970. The van der Waals surface area contributed by atoms with Crippen molar-refractivity contribution < 1.29 is 18.7 Å². The molecule has 0 fully saturated rings. The van der Waals surface area contributed by atoms with Crippen LogP contribution in [0.15, 0.2) is 45.4 Å². The molecule has 1 amide bonds. The number of amides is 1. The van der Waals surface area contributed by atoms with E-state index in [1.54, 1.807) is 13.0 Å². The van der Waals surface area contributed by atoms with Crippen LogP contribution in [0, 0.1) is 5.82 Å². The number of halogens is 1. The fourth-order valence-electron chi connectivity index (χ4n) is 2.41. The van der Waals surface area contributed by atoms with Crippen molar-refractivity contribution in [2.75, 3.05) is 11.9 Å². The van der Waals surface area contributed by atoms with Gasteiger partial charge in [-0.15, -0.1) is 11.3 Å². The molecule has 11 heteroatoms. The zero-order chi connectivity index (χ0) is 21.0. The van der Waals surface area contributed by atoms with Gasteiger partial charge in [-0.05, 0) is 13.0 Å². The van der Waals surface area contributed by atoms with Crippen LogP contribution in [0.4, 0.5) is 9.52 Å². The largest absolute Gasteiger partial charge is 0.461 e. The highest BCUT2D eigenvalue weighted by Crippen LogP contribution is 2.16. The quantitative estimate of drug-likeness (QED) is 0.587. The van der Waals surface area contributed by atoms with Gasteiger partial charge in [0.25, 0.3) is 11.5 Å². The normalized spacial score (nSPS) is 10.6. The number of hydrogen-bond donors (Lipinski definition) is 2. The molecule has 2 aromatic heterocycles. The van der Waals surface area contributed by atoms with Gasteiger partial charge in [0.1, 0.15) is 11.4 Å². The average Bonchev–Trinajstić information content (AvgIpc) is 3.15. The van der Waals surface area contributed by atoms with Crippen molar-refractivity contribution in [3.63, 3.8) is 0 Å². The maximum absolute atomic E-state index is 13.9. The van der Waals surface area contributed by atoms with E-state index in [0.29, 0.717) is 0 Å². The van der Waals surface area contributed by atoms with Gasteiger partial charge in [0, 0.05) is 17.1 Å². The van der Waals surface area contributed by atoms with E-state index in [4.69, 9.17) is 4.74 Å². The molecule has 1 aromatic carbocycles. The molecule has 0 spiro atoms. The number of ether oxygens (including phenoxy) is 1. The standard InChI is InChI=1S/C18H15FN4O5S/c1-2-28-16(26)13-9-29-17(21-13)22-14(24)11-7-20-18(27)23(15(11)25)8-10-5-3-4-6-12(10)19/h3-7,9H,2,8H2,1H3,(H,20,27)(H,21,22,24). The number of nitrogens with one attached hydrogen (secondary N) is 2. The van der Waals surface area contributed by atoms with Gasteiger partial charge in [-0.2, -0.15) is 0 Å². The Hall–Kier alpha value is -3.60. The fourth-order valence-corrected chi connectivity index (χ4v) is 3.08. The average molecular weight is 418 g/mol. The summed E-state index contributed by atoms with van der Waals surface area (Å²) in [6.45, 7) is 1.48. The van der Waals surface area contributed by atoms with Crippen molar-refractivity contribution in [3.8, 4) is 0 Å². The predicted molar refractivity (Wildman–Crippen MR) is 103 cm³/mol. The van der Waals surface area contributed by atoms with Crippen LogP contribution < -0.4 is 16.6 Å². The van der Waals surface area contributed by atoms with E-state index in [-0.39, 0.29) is 35.1 Å². The van der Waals surface area contributed by atoms with Gasteiger partial charge in [0.2, 0.25) is 0 Å². The van der Waals surface area contributed by atoms with Crippen molar-refractivity contribution in [1.82, 2.24) is 14.5 Å². The maximum Gasteiger partial charge on any atom is 0.357 e. The van der Waals surface area contributed by atoms with Crippen LogP contribution in [0.2, 0.25) is 0 Å². The molecular weight excluding hydrogens is 403 g/mol. The van der Waals surface area contributed by atoms with Gasteiger partial charge >= 0.3 is 11.7 Å². The lowest BCUT2D eigenvalue weighted by molar-refractivity contribution is 0.0520. The Morgan fingerprint density at radius 2 is 2.07 bits per heavy atom. The molecule has 150 valence electrons. The van der Waals surface area contributed by atoms with Crippen LogP contribution in [0.25, 0.3) is 0 Å². The monoisotopic (exact) mass is 418 g/mol. The minimum absolute atomic E-state index is 0.0191. The summed E-state index contributed by atoms with van der Waals surface area (Å²) in [6.07, 6.45) is 0.970. The molecule has 0 saturated heterocycles. The van der Waals surface area contributed by atoms with Crippen LogP contribution in [-0.4, -0.2) is 33.0 Å². The van der Waals surface area contributed by atoms with Crippen molar-refractivity contribution in [2.45, 2.75) is 13.5 Å². The molecule has 0 aliphatic rings. The van der Waals surface area contributed by atoms with Crippen LogP contribution in [0.5, 0.6) is 0 Å². The second-order valence-corrected chi connectivity index (χ2v) is 6.56. The van der Waals surface area contributed by atoms with Gasteiger partial charge in [-0.25, -0.2) is 19.0 Å². The van der Waals surface area contributed by atoms with Gasteiger partial charge in [0.15, 0.2) is 10.8 Å². The Labute approximate surface area is 166 Å². The molecule has 0 aliphatic heterocycles. The number of esters is 1. The minimum atomic E-state index is -0.892. The Balaban J connectivity index is 1.85. The SMILES string of the molecule is CCOC(=O)c1csc(NC(=O)c2c[nH]c(=O)n(Cc3ccccc3F)c2=O)n1. The first-order valence-electron chi connectivity index (χ1n) is 8.40. The van der Waals surface area contributed by atoms with Gasteiger partial charge in [-0.3, -0.25) is 19.5 Å². The van der Waals surface area contributed by atoms with Crippen LogP contribution in [-0.2, 0) is 11.3 Å². The van der Waals surface area contributed by atoms with E-state index in [2.05, 4.69) is 15.3 Å². The number of benzene rings is 1. The van der Waals surface area contributed by atoms with Crippen LogP contribution in [0.3, 0.4) is 0 Å². The molecule has 2 N–H and O–H groups in total. The zero-order valence-corrected chi connectivity index (χ0v) is 15.9. The Kier molecular flexibility index (Phi) is 5.98. The topological polar surface area (TPSA) is 123 Å². The Morgan fingerprint density at radius 3 is 2.79 bits per heavy atom. The van der Waals surface area contributed by atoms with Crippen molar-refractivity contribution >= 4 is 28.3 Å². The number of rotatable bonds is 6. The second kappa shape index (κ2) is 8.61. The van der Waals surface area contributed by atoms with Gasteiger partial charge in [-0.1, -0.05) is 18.2 Å². The third kappa shape index (κ3) is 4.46. The summed E-state index contributed by atoms with van der Waals surface area (Å²) < 4.78 is 19.4. The molecule has 0 bridgehead atoms. The smallest absolute Gasteiger partial charge is 0.357 e. The van der Waals surface area contributed by atoms with E-state index < -0.39 is 28.9 Å². The van der Waals surface area contributed by atoms with Crippen LogP contribution in [0.1, 0.15) is 33.3 Å². The summed E-state index contributed by atoms with van der Waals surface area (Å²) in [4.78, 5) is 54.9. The Bertz CT molecular complexity index is 1180. The lowest BCUT2D eigenvalue weighted by Gasteiger charge is -2.08. The first-order chi connectivity index (χ1) is 13.9. The van der Waals surface area contributed by atoms with Gasteiger partial charge in [0.05, 0.1) is 13.2 Å². The third-order valence-corrected chi connectivity index (χ3v) is 4.56. The highest BCUT2D eigenvalue weighted by atomic mass is 32.1. The van der Waals surface area contributed by atoms with E-state index >= 15 is 0 Å². The number of H-pyrrole nitrogens is 1. The number of aromatic nitrogens is 3. The molecule has 0 unspecified atom stereocenters. The first-order valence-corrected chi connectivity index (χ1v) is 9.28. The number of thiazole rings is 1. The Morgan fingerprint density at radius 1 is 1.31 bits per heavy atom. The number of aromatic amines is 1. The predicted octanol–water partition coefficient (Wildman–Crippen LogP) is 1.61. The lowest BCUT2D eigenvalue weighted by atomic mass is 10.2. The fraction of sp³-hybridized carbons (Fsp3) is 0.167. The molecule has 29 heavy (non-hydrogen) atoms. The molecule has 2 heterocycles. The first kappa shape index (κ1) is 20.1. The maximum atomic E-state index is 13.9. The second-order valence-electron chi connectivity index (χ2n) is 5.70. The van der Waals surface area contributed by atoms with E-state index in [1.165, 1.54) is 23.6 Å². The van der Waals surface area contributed by atoms with E-state index in [0.717, 1.165) is 22.1 Å². The third-order valence-electron chi connectivity index (χ3n) is 3.80. The summed E-state index contributed by atoms with van der Waals surface area (Å²) in [5.41, 5.74) is -1.90. The summed E-state index contributed by atoms with van der Waals surface area (Å²) in [5.74, 6) is -2.05. The molecule has 0 saturated carbocycles. The highest BCUT2D eigenvalue weighted by Gasteiger charge is 2.18. The zero-order valence-electron chi connectivity index (χ0n) is 15.1. The van der Waals surface area contributed by atoms with Crippen molar-refractivity contribution in [3.05, 3.63) is 79.3 Å². The number of anilines is 1. The lowest BCUT2D eigenvalue weighted by Crippen LogP contribution is -2.39. The van der Waals surface area contributed by atoms with Crippen molar-refractivity contribution in [2.24, 2.45) is 0 Å². The van der Waals surface area contributed by atoms with E-state index in [9.17, 15) is 23.6 Å². The molecule has 0 atom stereocenters. The van der Waals surface area contributed by atoms with Crippen LogP contribution >= 0.6 is 11.3 Å². The molecular formula is C18H15FN4O5S. The number of hydrogen-bond acceptors (Lipinski definition) is 7. The number of carbonyl (C=O) groups is 2. The summed E-state index contributed by atoms with van der Waals surface area (Å²) in [6, 6.07) is 5.68. The van der Waals surface area contributed by atoms with E-state index in [1.807, 2.05) is 0 Å². The molecule has 3 aromatic rings. The van der Waals surface area contributed by atoms with Crippen molar-refractivity contribution in [1.29, 1.82) is 0 Å². The molecule has 3 rings (SSSR count).